The molecule has 1 aromatic rings. The molecule has 1 fully saturated rings. The Bertz CT molecular complexity index is 539. The lowest BCUT2D eigenvalue weighted by molar-refractivity contribution is -0.384. The average Bonchev–Trinajstić information content (AvgIpc) is 2.48. The maximum Gasteiger partial charge on any atom is 0.292 e. The molecule has 1 aromatic carbocycles. The summed E-state index contributed by atoms with van der Waals surface area (Å²) in [5.74, 6) is -0.285. The van der Waals surface area contributed by atoms with Gasteiger partial charge in [0.1, 0.15) is 5.69 Å². The Kier molecular flexibility index (Phi) is 4.74. The molecule has 2 rings (SSSR count). The first kappa shape index (κ1) is 15.2. The van der Waals surface area contributed by atoms with Crippen LogP contribution < -0.4 is 10.6 Å². The molecule has 114 valence electrons. The molecule has 3 N–H and O–H groups in total. The van der Waals surface area contributed by atoms with Crippen LogP contribution in [-0.2, 0) is 0 Å². The molecule has 1 aliphatic rings. The highest BCUT2D eigenvalue weighted by Gasteiger charge is 2.23. The van der Waals surface area contributed by atoms with Crippen LogP contribution in [0.15, 0.2) is 18.2 Å². The molecule has 0 radical (unpaired) electrons. The first-order valence-corrected chi connectivity index (χ1v) is 6.96. The van der Waals surface area contributed by atoms with Crippen molar-refractivity contribution in [3.8, 4) is 0 Å². The summed E-state index contributed by atoms with van der Waals surface area (Å²) < 4.78 is 0. The molecule has 0 atom stereocenters. The summed E-state index contributed by atoms with van der Waals surface area (Å²) in [5, 5.41) is 26.2. The number of aliphatic hydroxyl groups is 1. The van der Waals surface area contributed by atoms with Crippen molar-refractivity contribution in [1.82, 2.24) is 5.32 Å². The Morgan fingerprint density at radius 1 is 1.33 bits per heavy atom. The number of hydrogen-bond acceptors (Lipinski definition) is 5. The summed E-state index contributed by atoms with van der Waals surface area (Å²) in [6, 6.07) is 4.35. The predicted octanol–water partition coefficient (Wildman–Crippen LogP) is 1.67. The van der Waals surface area contributed by atoms with Crippen LogP contribution in [0.5, 0.6) is 0 Å². The van der Waals surface area contributed by atoms with Gasteiger partial charge in [-0.1, -0.05) is 0 Å². The number of benzene rings is 1. The molecule has 7 nitrogen and oxygen atoms in total. The minimum absolute atomic E-state index is 0.0474. The third-order valence-corrected chi connectivity index (χ3v) is 3.74. The lowest BCUT2D eigenvalue weighted by atomic mass is 9.93. The van der Waals surface area contributed by atoms with E-state index in [0.29, 0.717) is 24.1 Å². The van der Waals surface area contributed by atoms with Gasteiger partial charge in [-0.05, 0) is 37.8 Å². The van der Waals surface area contributed by atoms with Crippen molar-refractivity contribution in [2.24, 2.45) is 0 Å². The van der Waals surface area contributed by atoms with E-state index in [0.717, 1.165) is 12.8 Å². The molecule has 0 aromatic heterocycles. The van der Waals surface area contributed by atoms with Crippen molar-refractivity contribution in [3.05, 3.63) is 33.9 Å². The molecule has 0 spiro atoms. The molecule has 21 heavy (non-hydrogen) atoms. The minimum atomic E-state index is -0.465. The van der Waals surface area contributed by atoms with Gasteiger partial charge in [-0.15, -0.1) is 0 Å². The number of aliphatic hydroxyl groups excluding tert-OH is 1. The van der Waals surface area contributed by atoms with Crippen LogP contribution in [0.4, 0.5) is 11.4 Å². The zero-order chi connectivity index (χ0) is 15.4. The van der Waals surface area contributed by atoms with E-state index in [-0.39, 0.29) is 23.7 Å². The maximum atomic E-state index is 11.6. The fraction of sp³-hybridized carbons (Fsp3) is 0.500. The Morgan fingerprint density at radius 2 is 2.00 bits per heavy atom. The highest BCUT2D eigenvalue weighted by molar-refractivity contribution is 5.95. The van der Waals surface area contributed by atoms with Crippen LogP contribution in [0.2, 0.25) is 0 Å². The highest BCUT2D eigenvalue weighted by atomic mass is 16.6. The van der Waals surface area contributed by atoms with Crippen molar-refractivity contribution >= 4 is 17.3 Å². The van der Waals surface area contributed by atoms with E-state index in [1.165, 1.54) is 25.2 Å². The lowest BCUT2D eigenvalue weighted by Gasteiger charge is -2.27. The van der Waals surface area contributed by atoms with Crippen LogP contribution in [0.1, 0.15) is 36.0 Å². The number of hydrogen-bond donors (Lipinski definition) is 3. The van der Waals surface area contributed by atoms with E-state index in [9.17, 15) is 20.0 Å². The molecule has 0 heterocycles. The Hall–Kier alpha value is -2.15. The molecular formula is C14H19N3O4. The SMILES string of the molecule is CNC(=O)c1ccc([N+](=O)[O-])c(NC2CCC(O)CC2)c1. The topological polar surface area (TPSA) is 104 Å². The number of anilines is 1. The standard InChI is InChI=1S/C14H19N3O4/c1-15-14(19)9-2-7-13(17(20)21)12(8-9)16-10-3-5-11(18)6-4-10/h2,7-8,10-11,16,18H,3-6H2,1H3,(H,15,19). The number of amides is 1. The Labute approximate surface area is 122 Å². The van der Waals surface area contributed by atoms with Gasteiger partial charge in [0.25, 0.3) is 11.6 Å². The fourth-order valence-electron chi connectivity index (χ4n) is 2.54. The normalized spacial score (nSPS) is 21.6. The second kappa shape index (κ2) is 6.53. The molecule has 1 amide bonds. The van der Waals surface area contributed by atoms with Gasteiger partial charge in [-0.25, -0.2) is 0 Å². The van der Waals surface area contributed by atoms with E-state index in [4.69, 9.17) is 0 Å². The van der Waals surface area contributed by atoms with Crippen molar-refractivity contribution in [1.29, 1.82) is 0 Å². The zero-order valence-electron chi connectivity index (χ0n) is 11.8. The Balaban J connectivity index is 2.22. The van der Waals surface area contributed by atoms with E-state index in [2.05, 4.69) is 10.6 Å². The minimum Gasteiger partial charge on any atom is -0.393 e. The smallest absolute Gasteiger partial charge is 0.292 e. The van der Waals surface area contributed by atoms with Crippen LogP contribution in [-0.4, -0.2) is 35.1 Å². The van der Waals surface area contributed by atoms with Crippen LogP contribution in [0.25, 0.3) is 0 Å². The van der Waals surface area contributed by atoms with Gasteiger partial charge in [-0.3, -0.25) is 14.9 Å². The molecule has 7 heteroatoms. The molecule has 0 saturated heterocycles. The second-order valence-electron chi connectivity index (χ2n) is 5.22. The molecule has 0 bridgehead atoms. The molecule has 0 aliphatic heterocycles. The summed E-state index contributed by atoms with van der Waals surface area (Å²) in [6.07, 6.45) is 2.59. The van der Waals surface area contributed by atoms with Crippen LogP contribution in [0.3, 0.4) is 0 Å². The zero-order valence-corrected chi connectivity index (χ0v) is 11.8. The summed E-state index contributed by atoms with van der Waals surface area (Å²) in [7, 11) is 1.51. The van der Waals surface area contributed by atoms with Gasteiger partial charge < -0.3 is 15.7 Å². The maximum absolute atomic E-state index is 11.6. The number of nitrogens with zero attached hydrogens (tertiary/aromatic N) is 1. The monoisotopic (exact) mass is 293 g/mol. The number of nitro benzene ring substituents is 1. The summed E-state index contributed by atoms with van der Waals surface area (Å²) >= 11 is 0. The van der Waals surface area contributed by atoms with Crippen LogP contribution >= 0.6 is 0 Å². The van der Waals surface area contributed by atoms with Crippen molar-refractivity contribution in [2.45, 2.75) is 37.8 Å². The van der Waals surface area contributed by atoms with Gasteiger partial charge in [0.15, 0.2) is 0 Å². The number of carbonyl (C=O) groups is 1. The van der Waals surface area contributed by atoms with Gasteiger partial charge in [0.2, 0.25) is 0 Å². The lowest BCUT2D eigenvalue weighted by Crippen LogP contribution is -2.28. The van der Waals surface area contributed by atoms with E-state index in [1.54, 1.807) is 0 Å². The summed E-state index contributed by atoms with van der Waals surface area (Å²) in [5.41, 5.74) is 0.678. The third kappa shape index (κ3) is 3.69. The largest absolute Gasteiger partial charge is 0.393 e. The molecule has 1 aliphatic carbocycles. The first-order valence-electron chi connectivity index (χ1n) is 6.96. The average molecular weight is 293 g/mol. The molecular weight excluding hydrogens is 274 g/mol. The van der Waals surface area contributed by atoms with Gasteiger partial charge >= 0.3 is 0 Å². The summed E-state index contributed by atoms with van der Waals surface area (Å²) in [6.45, 7) is 0. The Morgan fingerprint density at radius 3 is 2.57 bits per heavy atom. The van der Waals surface area contributed by atoms with E-state index >= 15 is 0 Å². The number of nitrogens with one attached hydrogen (secondary N) is 2. The number of nitro groups is 1. The van der Waals surface area contributed by atoms with Gasteiger partial charge in [-0.2, -0.15) is 0 Å². The fourth-order valence-corrected chi connectivity index (χ4v) is 2.54. The predicted molar refractivity (Wildman–Crippen MR) is 78.4 cm³/mol. The van der Waals surface area contributed by atoms with Crippen molar-refractivity contribution in [3.63, 3.8) is 0 Å². The molecule has 1 saturated carbocycles. The summed E-state index contributed by atoms with van der Waals surface area (Å²) in [4.78, 5) is 22.3. The number of rotatable bonds is 4. The quantitative estimate of drug-likeness (QED) is 0.578. The molecule has 0 unspecified atom stereocenters. The third-order valence-electron chi connectivity index (χ3n) is 3.74. The van der Waals surface area contributed by atoms with Crippen LogP contribution in [0, 0.1) is 10.1 Å². The second-order valence-corrected chi connectivity index (χ2v) is 5.22. The number of carbonyl (C=O) groups excluding carboxylic acids is 1. The van der Waals surface area contributed by atoms with Gasteiger partial charge in [0.05, 0.1) is 11.0 Å². The first-order chi connectivity index (χ1) is 10.0. The van der Waals surface area contributed by atoms with E-state index < -0.39 is 4.92 Å². The van der Waals surface area contributed by atoms with E-state index in [1.807, 2.05) is 0 Å². The highest BCUT2D eigenvalue weighted by Crippen LogP contribution is 2.29. The van der Waals surface area contributed by atoms with Crippen molar-refractivity contribution in [2.75, 3.05) is 12.4 Å². The van der Waals surface area contributed by atoms with Crippen molar-refractivity contribution < 1.29 is 14.8 Å². The van der Waals surface area contributed by atoms with Gasteiger partial charge in [0, 0.05) is 24.7 Å².